The Balaban J connectivity index is 2.34. The molecule has 0 bridgehead atoms. The molecule has 0 amide bonds. The highest BCUT2D eigenvalue weighted by Crippen LogP contribution is 2.13. The molecule has 0 aliphatic heterocycles. The van der Waals surface area contributed by atoms with Gasteiger partial charge in [-0.25, -0.2) is 0 Å². The van der Waals surface area contributed by atoms with E-state index in [2.05, 4.69) is 5.32 Å². The molecule has 1 aromatic rings. The predicted octanol–water partition coefficient (Wildman–Crippen LogP) is 3.14. The molecule has 0 heterocycles. The summed E-state index contributed by atoms with van der Waals surface area (Å²) in [5.74, 6) is -0.168. The molecule has 0 atom stereocenters. The summed E-state index contributed by atoms with van der Waals surface area (Å²) in [4.78, 5) is 11.5. The van der Waals surface area contributed by atoms with Crippen molar-refractivity contribution in [2.75, 3.05) is 11.9 Å². The lowest BCUT2D eigenvalue weighted by molar-refractivity contribution is -0.154. The van der Waals surface area contributed by atoms with Gasteiger partial charge in [0, 0.05) is 12.2 Å². The number of para-hydroxylation sites is 1. The first-order valence-corrected chi connectivity index (χ1v) is 5.90. The highest BCUT2D eigenvalue weighted by Gasteiger charge is 2.15. The van der Waals surface area contributed by atoms with E-state index in [0.29, 0.717) is 13.0 Å². The number of carbonyl (C=O) groups is 1. The van der Waals surface area contributed by atoms with Crippen LogP contribution in [0.4, 0.5) is 5.69 Å². The smallest absolute Gasteiger partial charge is 0.308 e. The van der Waals surface area contributed by atoms with Crippen LogP contribution in [0.15, 0.2) is 24.3 Å². The Bertz CT molecular complexity index is 380. The number of hydrogen-bond donors (Lipinski definition) is 1. The third-order valence-corrected chi connectivity index (χ3v) is 2.21. The molecule has 1 rings (SSSR count). The minimum absolute atomic E-state index is 0.168. The quantitative estimate of drug-likeness (QED) is 0.815. The molecule has 0 aromatic heterocycles. The van der Waals surface area contributed by atoms with Gasteiger partial charge in [-0.15, -0.1) is 0 Å². The molecular weight excluding hydrogens is 214 g/mol. The first-order chi connectivity index (χ1) is 7.88. The second kappa shape index (κ2) is 5.71. The van der Waals surface area contributed by atoms with Gasteiger partial charge >= 0.3 is 5.97 Å². The number of ether oxygens (including phenoxy) is 1. The van der Waals surface area contributed by atoms with Crippen molar-refractivity contribution in [2.45, 2.75) is 39.7 Å². The normalized spacial score (nSPS) is 11.1. The van der Waals surface area contributed by atoms with E-state index in [1.165, 1.54) is 5.56 Å². The van der Waals surface area contributed by atoms with Crippen LogP contribution in [0.25, 0.3) is 0 Å². The molecule has 0 saturated heterocycles. The number of anilines is 1. The van der Waals surface area contributed by atoms with E-state index in [0.717, 1.165) is 5.69 Å². The van der Waals surface area contributed by atoms with E-state index >= 15 is 0 Å². The molecule has 0 spiro atoms. The molecule has 1 aromatic carbocycles. The van der Waals surface area contributed by atoms with Crippen LogP contribution >= 0.6 is 0 Å². The van der Waals surface area contributed by atoms with E-state index in [-0.39, 0.29) is 5.97 Å². The van der Waals surface area contributed by atoms with Gasteiger partial charge < -0.3 is 10.1 Å². The summed E-state index contributed by atoms with van der Waals surface area (Å²) in [6.45, 7) is 8.26. The minimum Gasteiger partial charge on any atom is -0.460 e. The van der Waals surface area contributed by atoms with Crippen LogP contribution in [0, 0.1) is 6.92 Å². The lowest BCUT2D eigenvalue weighted by Crippen LogP contribution is -2.25. The maximum Gasteiger partial charge on any atom is 0.308 e. The van der Waals surface area contributed by atoms with Crippen molar-refractivity contribution in [2.24, 2.45) is 0 Å². The third kappa shape index (κ3) is 5.38. The average molecular weight is 235 g/mol. The summed E-state index contributed by atoms with van der Waals surface area (Å²) >= 11 is 0. The summed E-state index contributed by atoms with van der Waals surface area (Å²) in [5.41, 5.74) is 1.84. The molecule has 0 aliphatic rings. The zero-order valence-corrected chi connectivity index (χ0v) is 11.0. The summed E-state index contributed by atoms with van der Waals surface area (Å²) in [7, 11) is 0. The molecule has 94 valence electrons. The molecule has 0 aliphatic carbocycles. The fraction of sp³-hybridized carbons (Fsp3) is 0.500. The van der Waals surface area contributed by atoms with Gasteiger partial charge in [0.25, 0.3) is 0 Å². The van der Waals surface area contributed by atoms with E-state index in [1.54, 1.807) is 0 Å². The van der Waals surface area contributed by atoms with Gasteiger partial charge in [-0.3, -0.25) is 4.79 Å². The average Bonchev–Trinajstić information content (AvgIpc) is 2.18. The van der Waals surface area contributed by atoms with Gasteiger partial charge in [-0.2, -0.15) is 0 Å². The first-order valence-electron chi connectivity index (χ1n) is 5.90. The van der Waals surface area contributed by atoms with Gasteiger partial charge in [0.15, 0.2) is 0 Å². The molecule has 0 saturated carbocycles. The second-order valence-corrected chi connectivity index (χ2v) is 5.08. The Morgan fingerprint density at radius 2 is 1.94 bits per heavy atom. The molecule has 0 fully saturated rings. The number of esters is 1. The Morgan fingerprint density at radius 3 is 2.53 bits per heavy atom. The predicted molar refractivity (Wildman–Crippen MR) is 70.1 cm³/mol. The molecular formula is C14H21NO2. The van der Waals surface area contributed by atoms with E-state index in [4.69, 9.17) is 4.74 Å². The zero-order valence-electron chi connectivity index (χ0n) is 11.0. The lowest BCUT2D eigenvalue weighted by Gasteiger charge is -2.19. The largest absolute Gasteiger partial charge is 0.460 e. The molecule has 3 heteroatoms. The molecule has 0 unspecified atom stereocenters. The Morgan fingerprint density at radius 1 is 1.29 bits per heavy atom. The second-order valence-electron chi connectivity index (χ2n) is 5.08. The van der Waals surface area contributed by atoms with Crippen molar-refractivity contribution < 1.29 is 9.53 Å². The fourth-order valence-electron chi connectivity index (χ4n) is 1.46. The third-order valence-electron chi connectivity index (χ3n) is 2.21. The number of aryl methyl sites for hydroxylation is 1. The van der Waals surface area contributed by atoms with Gasteiger partial charge in [0.05, 0.1) is 6.42 Å². The van der Waals surface area contributed by atoms with E-state index in [9.17, 15) is 4.79 Å². The molecule has 3 nitrogen and oxygen atoms in total. The Kier molecular flexibility index (Phi) is 4.55. The van der Waals surface area contributed by atoms with E-state index < -0.39 is 5.60 Å². The van der Waals surface area contributed by atoms with Crippen molar-refractivity contribution >= 4 is 11.7 Å². The Labute approximate surface area is 103 Å². The maximum atomic E-state index is 11.5. The SMILES string of the molecule is Cc1ccccc1NCCC(=O)OC(C)(C)C. The molecule has 17 heavy (non-hydrogen) atoms. The van der Waals surface area contributed by atoms with Crippen molar-refractivity contribution in [3.8, 4) is 0 Å². The minimum atomic E-state index is -0.403. The number of carbonyl (C=O) groups excluding carboxylic acids is 1. The van der Waals surface area contributed by atoms with Crippen LogP contribution in [0.1, 0.15) is 32.8 Å². The summed E-state index contributed by atoms with van der Waals surface area (Å²) < 4.78 is 5.23. The van der Waals surface area contributed by atoms with Crippen LogP contribution in [0.2, 0.25) is 0 Å². The van der Waals surface area contributed by atoms with Crippen LogP contribution in [0.5, 0.6) is 0 Å². The van der Waals surface area contributed by atoms with Crippen LogP contribution < -0.4 is 5.32 Å². The molecule has 1 N–H and O–H groups in total. The lowest BCUT2D eigenvalue weighted by atomic mass is 10.2. The number of rotatable bonds is 4. The van der Waals surface area contributed by atoms with Gasteiger partial charge in [-0.05, 0) is 39.3 Å². The zero-order chi connectivity index (χ0) is 12.9. The van der Waals surface area contributed by atoms with E-state index in [1.807, 2.05) is 52.0 Å². The summed E-state index contributed by atoms with van der Waals surface area (Å²) in [6.07, 6.45) is 0.381. The molecule has 0 radical (unpaired) electrons. The van der Waals surface area contributed by atoms with Crippen molar-refractivity contribution in [3.63, 3.8) is 0 Å². The Hall–Kier alpha value is -1.51. The maximum absolute atomic E-state index is 11.5. The van der Waals surface area contributed by atoms with Crippen molar-refractivity contribution in [3.05, 3.63) is 29.8 Å². The number of benzene rings is 1. The monoisotopic (exact) mass is 235 g/mol. The van der Waals surface area contributed by atoms with Gasteiger partial charge in [0.1, 0.15) is 5.60 Å². The van der Waals surface area contributed by atoms with Crippen LogP contribution in [-0.2, 0) is 9.53 Å². The highest BCUT2D eigenvalue weighted by atomic mass is 16.6. The highest BCUT2D eigenvalue weighted by molar-refractivity contribution is 5.70. The topological polar surface area (TPSA) is 38.3 Å². The number of hydrogen-bond acceptors (Lipinski definition) is 3. The summed E-state index contributed by atoms with van der Waals surface area (Å²) in [5, 5.41) is 3.23. The van der Waals surface area contributed by atoms with Crippen molar-refractivity contribution in [1.29, 1.82) is 0 Å². The standard InChI is InChI=1S/C14H21NO2/c1-11-7-5-6-8-12(11)15-10-9-13(16)17-14(2,3)4/h5-8,15H,9-10H2,1-4H3. The van der Waals surface area contributed by atoms with Gasteiger partial charge in [-0.1, -0.05) is 18.2 Å². The first kappa shape index (κ1) is 13.6. The van der Waals surface area contributed by atoms with Crippen molar-refractivity contribution in [1.82, 2.24) is 0 Å². The van der Waals surface area contributed by atoms with Crippen LogP contribution in [-0.4, -0.2) is 18.1 Å². The van der Waals surface area contributed by atoms with Crippen LogP contribution in [0.3, 0.4) is 0 Å². The number of nitrogens with one attached hydrogen (secondary N) is 1. The fourth-order valence-corrected chi connectivity index (χ4v) is 1.46. The summed E-state index contributed by atoms with van der Waals surface area (Å²) in [6, 6.07) is 8.01. The van der Waals surface area contributed by atoms with Gasteiger partial charge in [0.2, 0.25) is 0 Å².